The lowest BCUT2D eigenvalue weighted by molar-refractivity contribution is -0.136. The molecule has 0 fully saturated rings. The summed E-state index contributed by atoms with van der Waals surface area (Å²) in [4.78, 5) is 23.7. The van der Waals surface area contributed by atoms with E-state index in [0.29, 0.717) is 15.8 Å². The van der Waals surface area contributed by atoms with E-state index in [0.717, 1.165) is 5.56 Å². The summed E-state index contributed by atoms with van der Waals surface area (Å²) in [5, 5.41) is 7.49. The molecule has 0 atom stereocenters. The molecule has 24 heavy (non-hydrogen) atoms. The Morgan fingerprint density at radius 2 is 1.54 bits per heavy atom. The molecular formula is C16H12Cl3N3O2. The van der Waals surface area contributed by atoms with E-state index in [1.165, 1.54) is 12.1 Å². The van der Waals surface area contributed by atoms with Gasteiger partial charge in [-0.3, -0.25) is 9.59 Å². The van der Waals surface area contributed by atoms with E-state index >= 15 is 0 Å². The number of carbonyl (C=O) groups is 2. The van der Waals surface area contributed by atoms with Crippen molar-refractivity contribution in [3.63, 3.8) is 0 Å². The summed E-state index contributed by atoms with van der Waals surface area (Å²) in [6.45, 7) is 1.69. The standard InChI is InChI=1S/C16H12Cl3N3O2/c1-9(10-2-4-11(17)5-3-10)21-22-16(24)15(23)20-14-8-12(18)6-7-13(14)19/h2-8H,1H3,(H,20,23)(H,22,24)/b21-9+. The number of rotatable bonds is 3. The average molecular weight is 385 g/mol. The predicted molar refractivity (Wildman–Crippen MR) is 96.9 cm³/mol. The topological polar surface area (TPSA) is 70.6 Å². The zero-order valence-electron chi connectivity index (χ0n) is 12.4. The number of hydrogen-bond donors (Lipinski definition) is 2. The van der Waals surface area contributed by atoms with Gasteiger partial charge in [-0.05, 0) is 42.8 Å². The van der Waals surface area contributed by atoms with Gasteiger partial charge in [-0.2, -0.15) is 5.10 Å². The summed E-state index contributed by atoms with van der Waals surface area (Å²) in [6, 6.07) is 11.4. The van der Waals surface area contributed by atoms with Gasteiger partial charge in [-0.1, -0.05) is 46.9 Å². The van der Waals surface area contributed by atoms with Gasteiger partial charge in [0.1, 0.15) is 0 Å². The smallest absolute Gasteiger partial charge is 0.316 e. The van der Waals surface area contributed by atoms with E-state index in [4.69, 9.17) is 34.8 Å². The predicted octanol–water partition coefficient (Wildman–Crippen LogP) is 4.13. The largest absolute Gasteiger partial charge is 0.329 e. The van der Waals surface area contributed by atoms with Crippen LogP contribution in [0.3, 0.4) is 0 Å². The Balaban J connectivity index is 2.01. The highest BCUT2D eigenvalue weighted by Gasteiger charge is 2.15. The number of hydrogen-bond acceptors (Lipinski definition) is 3. The number of nitrogens with one attached hydrogen (secondary N) is 2. The van der Waals surface area contributed by atoms with E-state index in [-0.39, 0.29) is 10.7 Å². The highest BCUT2D eigenvalue weighted by atomic mass is 35.5. The van der Waals surface area contributed by atoms with Gasteiger partial charge in [0.25, 0.3) is 0 Å². The summed E-state index contributed by atoms with van der Waals surface area (Å²) in [7, 11) is 0. The van der Waals surface area contributed by atoms with Gasteiger partial charge in [0.15, 0.2) is 0 Å². The highest BCUT2D eigenvalue weighted by Crippen LogP contribution is 2.25. The molecule has 2 amide bonds. The molecule has 2 N–H and O–H groups in total. The second-order valence-corrected chi connectivity index (χ2v) is 6.00. The molecule has 0 aromatic heterocycles. The van der Waals surface area contributed by atoms with Crippen molar-refractivity contribution in [1.29, 1.82) is 0 Å². The first kappa shape index (κ1) is 18.3. The van der Waals surface area contributed by atoms with E-state index in [1.54, 1.807) is 37.3 Å². The van der Waals surface area contributed by atoms with Gasteiger partial charge >= 0.3 is 11.8 Å². The van der Waals surface area contributed by atoms with Gasteiger partial charge < -0.3 is 5.32 Å². The van der Waals surface area contributed by atoms with Gasteiger partial charge in [0.2, 0.25) is 0 Å². The fourth-order valence-electron chi connectivity index (χ4n) is 1.71. The lowest BCUT2D eigenvalue weighted by atomic mass is 10.1. The summed E-state index contributed by atoms with van der Waals surface area (Å²) in [5.41, 5.74) is 3.70. The first-order valence-electron chi connectivity index (χ1n) is 6.73. The van der Waals surface area contributed by atoms with Crippen molar-refractivity contribution in [3.8, 4) is 0 Å². The Kier molecular flexibility index (Phi) is 6.20. The normalized spacial score (nSPS) is 11.1. The maximum Gasteiger partial charge on any atom is 0.329 e. The Morgan fingerprint density at radius 3 is 2.21 bits per heavy atom. The van der Waals surface area contributed by atoms with Crippen molar-refractivity contribution in [1.82, 2.24) is 5.43 Å². The van der Waals surface area contributed by atoms with Crippen molar-refractivity contribution in [2.75, 3.05) is 5.32 Å². The number of hydrazone groups is 1. The molecule has 0 saturated carbocycles. The SMILES string of the molecule is C/C(=N\NC(=O)C(=O)Nc1cc(Cl)ccc1Cl)c1ccc(Cl)cc1. The molecule has 0 aliphatic heterocycles. The zero-order valence-corrected chi connectivity index (χ0v) is 14.7. The fraction of sp³-hybridized carbons (Fsp3) is 0.0625. The van der Waals surface area contributed by atoms with Crippen LogP contribution in [0, 0.1) is 0 Å². The maximum absolute atomic E-state index is 11.9. The molecule has 5 nitrogen and oxygen atoms in total. The number of carbonyl (C=O) groups excluding carboxylic acids is 2. The molecule has 124 valence electrons. The minimum Gasteiger partial charge on any atom is -0.316 e. The average Bonchev–Trinajstić information content (AvgIpc) is 2.56. The molecule has 2 aromatic rings. The van der Waals surface area contributed by atoms with Crippen LogP contribution in [-0.2, 0) is 9.59 Å². The van der Waals surface area contributed by atoms with Gasteiger partial charge in [0, 0.05) is 10.0 Å². The van der Waals surface area contributed by atoms with Crippen LogP contribution in [0.2, 0.25) is 15.1 Å². The minimum atomic E-state index is -0.931. The van der Waals surface area contributed by atoms with Crippen LogP contribution in [0.5, 0.6) is 0 Å². The molecule has 0 spiro atoms. The Bertz CT molecular complexity index is 805. The first-order chi connectivity index (χ1) is 11.4. The minimum absolute atomic E-state index is 0.239. The molecule has 0 bridgehead atoms. The number of anilines is 1. The summed E-state index contributed by atoms with van der Waals surface area (Å²) >= 11 is 17.5. The van der Waals surface area contributed by atoms with Crippen molar-refractivity contribution >= 4 is 58.0 Å². The molecule has 8 heteroatoms. The molecule has 0 saturated heterocycles. The monoisotopic (exact) mass is 383 g/mol. The highest BCUT2D eigenvalue weighted by molar-refractivity contribution is 6.42. The fourth-order valence-corrected chi connectivity index (χ4v) is 2.18. The van der Waals surface area contributed by atoms with E-state index in [1.807, 2.05) is 0 Å². The molecular weight excluding hydrogens is 373 g/mol. The molecule has 0 heterocycles. The van der Waals surface area contributed by atoms with Crippen molar-refractivity contribution in [2.24, 2.45) is 5.10 Å². The second kappa shape index (κ2) is 8.15. The Hall–Kier alpha value is -2.08. The van der Waals surface area contributed by atoms with Crippen molar-refractivity contribution in [3.05, 3.63) is 63.1 Å². The summed E-state index contributed by atoms with van der Waals surface area (Å²) in [6.07, 6.45) is 0. The molecule has 0 radical (unpaired) electrons. The quantitative estimate of drug-likeness (QED) is 0.474. The van der Waals surface area contributed by atoms with E-state index in [2.05, 4.69) is 15.8 Å². The maximum atomic E-state index is 11.9. The van der Waals surface area contributed by atoms with Gasteiger partial charge in [-0.15, -0.1) is 0 Å². The van der Waals surface area contributed by atoms with Crippen LogP contribution < -0.4 is 10.7 Å². The number of amides is 2. The third-order valence-corrected chi connectivity index (χ3v) is 3.79. The Labute approximate surface area is 153 Å². The summed E-state index contributed by atoms with van der Waals surface area (Å²) < 4.78 is 0. The van der Waals surface area contributed by atoms with Crippen LogP contribution in [0.25, 0.3) is 0 Å². The molecule has 0 aliphatic carbocycles. The number of halogens is 3. The lowest BCUT2D eigenvalue weighted by Gasteiger charge is -2.07. The van der Waals surface area contributed by atoms with Gasteiger partial charge in [0.05, 0.1) is 16.4 Å². The molecule has 0 unspecified atom stereocenters. The third kappa shape index (κ3) is 4.96. The zero-order chi connectivity index (χ0) is 17.7. The van der Waals surface area contributed by atoms with Crippen LogP contribution >= 0.6 is 34.8 Å². The number of nitrogens with zero attached hydrogens (tertiary/aromatic N) is 1. The third-order valence-electron chi connectivity index (χ3n) is 2.97. The van der Waals surface area contributed by atoms with Crippen LogP contribution in [-0.4, -0.2) is 17.5 Å². The van der Waals surface area contributed by atoms with Gasteiger partial charge in [-0.25, -0.2) is 5.43 Å². The Morgan fingerprint density at radius 1 is 0.917 bits per heavy atom. The van der Waals surface area contributed by atoms with E-state index in [9.17, 15) is 9.59 Å². The van der Waals surface area contributed by atoms with Crippen LogP contribution in [0.15, 0.2) is 47.6 Å². The van der Waals surface area contributed by atoms with E-state index < -0.39 is 11.8 Å². The molecule has 0 aliphatic rings. The summed E-state index contributed by atoms with van der Waals surface area (Å²) in [5.74, 6) is -1.84. The van der Waals surface area contributed by atoms with Crippen molar-refractivity contribution < 1.29 is 9.59 Å². The first-order valence-corrected chi connectivity index (χ1v) is 7.87. The van der Waals surface area contributed by atoms with Crippen LogP contribution in [0.1, 0.15) is 12.5 Å². The lowest BCUT2D eigenvalue weighted by Crippen LogP contribution is -2.33. The second-order valence-electron chi connectivity index (χ2n) is 4.72. The number of benzene rings is 2. The molecule has 2 aromatic carbocycles. The van der Waals surface area contributed by atoms with Crippen LogP contribution in [0.4, 0.5) is 5.69 Å². The molecule has 2 rings (SSSR count). The van der Waals surface area contributed by atoms with Crippen molar-refractivity contribution in [2.45, 2.75) is 6.92 Å².